The lowest BCUT2D eigenvalue weighted by molar-refractivity contribution is 0.687. The lowest BCUT2D eigenvalue weighted by Crippen LogP contribution is -2.19. The van der Waals surface area contributed by atoms with E-state index < -0.39 is 0 Å². The maximum Gasteiger partial charge on any atom is 0.175 e. The first-order valence-corrected chi connectivity index (χ1v) is 8.81. The second-order valence-corrected chi connectivity index (χ2v) is 6.41. The lowest BCUT2D eigenvalue weighted by Gasteiger charge is -2.13. The van der Waals surface area contributed by atoms with E-state index in [1.165, 1.54) is 10.9 Å². The van der Waals surface area contributed by atoms with Crippen LogP contribution in [0.4, 0.5) is 11.4 Å². The van der Waals surface area contributed by atoms with E-state index in [2.05, 4.69) is 46.1 Å². The molecule has 2 N–H and O–H groups in total. The van der Waals surface area contributed by atoms with Gasteiger partial charge < -0.3 is 10.6 Å². The van der Waals surface area contributed by atoms with E-state index >= 15 is 0 Å². The minimum atomic E-state index is 0.571. The van der Waals surface area contributed by atoms with Crippen molar-refractivity contribution < 1.29 is 0 Å². The van der Waals surface area contributed by atoms with Gasteiger partial charge in [-0.15, -0.1) is 0 Å². The Morgan fingerprint density at radius 1 is 0.885 bits per heavy atom. The van der Waals surface area contributed by atoms with E-state index in [0.717, 1.165) is 23.3 Å². The van der Waals surface area contributed by atoms with Crippen LogP contribution in [-0.2, 0) is 6.54 Å². The third kappa shape index (κ3) is 3.73. The van der Waals surface area contributed by atoms with Gasteiger partial charge in [0.15, 0.2) is 5.11 Å². The zero-order chi connectivity index (χ0) is 17.8. The molecule has 128 valence electrons. The molecule has 0 aliphatic heterocycles. The smallest absolute Gasteiger partial charge is 0.175 e. The van der Waals surface area contributed by atoms with Crippen molar-refractivity contribution in [1.82, 2.24) is 9.78 Å². The molecule has 4 rings (SSSR count). The molecule has 1 aromatic heterocycles. The van der Waals surface area contributed by atoms with Crippen LogP contribution in [0, 0.1) is 0 Å². The molecule has 4 nitrogen and oxygen atoms in total. The molecule has 1 heterocycles. The lowest BCUT2D eigenvalue weighted by atomic mass is 10.1. The number of thiocarbonyl (C=S) groups is 1. The summed E-state index contributed by atoms with van der Waals surface area (Å²) in [5.74, 6) is 0. The number of nitrogens with one attached hydrogen (secondary N) is 2. The van der Waals surface area contributed by atoms with Crippen molar-refractivity contribution in [3.05, 3.63) is 90.8 Å². The van der Waals surface area contributed by atoms with Crippen LogP contribution in [-0.4, -0.2) is 14.9 Å². The van der Waals surface area contributed by atoms with Gasteiger partial charge in [-0.05, 0) is 47.4 Å². The fourth-order valence-corrected chi connectivity index (χ4v) is 3.12. The highest BCUT2D eigenvalue weighted by atomic mass is 32.1. The van der Waals surface area contributed by atoms with E-state index in [-0.39, 0.29) is 0 Å². The molecule has 5 heteroatoms. The first-order valence-electron chi connectivity index (χ1n) is 8.40. The summed E-state index contributed by atoms with van der Waals surface area (Å²) in [6.07, 6.45) is 3.74. The first-order chi connectivity index (χ1) is 12.8. The first kappa shape index (κ1) is 16.3. The van der Waals surface area contributed by atoms with Crippen molar-refractivity contribution in [1.29, 1.82) is 0 Å². The summed E-state index contributed by atoms with van der Waals surface area (Å²) in [4.78, 5) is 0. The van der Waals surface area contributed by atoms with Crippen LogP contribution in [0.2, 0.25) is 0 Å². The van der Waals surface area contributed by atoms with Crippen molar-refractivity contribution in [3.63, 3.8) is 0 Å². The Morgan fingerprint density at radius 3 is 2.50 bits per heavy atom. The van der Waals surface area contributed by atoms with Crippen LogP contribution in [0.3, 0.4) is 0 Å². The third-order valence-electron chi connectivity index (χ3n) is 4.15. The van der Waals surface area contributed by atoms with Crippen molar-refractivity contribution in [2.75, 3.05) is 10.6 Å². The highest BCUT2D eigenvalue weighted by Crippen LogP contribution is 2.23. The molecule has 0 spiro atoms. The van der Waals surface area contributed by atoms with Gasteiger partial charge in [0.05, 0.1) is 6.54 Å². The molecule has 3 aromatic carbocycles. The zero-order valence-corrected chi connectivity index (χ0v) is 14.9. The molecule has 0 fully saturated rings. The van der Waals surface area contributed by atoms with Gasteiger partial charge in [-0.3, -0.25) is 4.68 Å². The van der Waals surface area contributed by atoms with Crippen LogP contribution in [0.5, 0.6) is 0 Å². The Hall–Kier alpha value is -3.18. The normalized spacial score (nSPS) is 10.6. The van der Waals surface area contributed by atoms with Gasteiger partial charge in [0.1, 0.15) is 0 Å². The third-order valence-corrected chi connectivity index (χ3v) is 4.36. The summed E-state index contributed by atoms with van der Waals surface area (Å²) >= 11 is 5.47. The molecule has 0 atom stereocenters. The average Bonchev–Trinajstić information content (AvgIpc) is 3.17. The summed E-state index contributed by atoms with van der Waals surface area (Å²) in [5, 5.41) is 13.7. The molecular formula is C21H18N4S. The van der Waals surface area contributed by atoms with E-state index in [1.807, 2.05) is 53.3 Å². The van der Waals surface area contributed by atoms with Gasteiger partial charge >= 0.3 is 0 Å². The molecule has 26 heavy (non-hydrogen) atoms. The van der Waals surface area contributed by atoms with Crippen molar-refractivity contribution >= 4 is 39.5 Å². The fraction of sp³-hybridized carbons (Fsp3) is 0.0476. The van der Waals surface area contributed by atoms with Crippen molar-refractivity contribution in [2.45, 2.75) is 6.54 Å². The van der Waals surface area contributed by atoms with Gasteiger partial charge in [-0.25, -0.2) is 0 Å². The quantitative estimate of drug-likeness (QED) is 0.510. The van der Waals surface area contributed by atoms with Gasteiger partial charge in [0, 0.05) is 29.2 Å². The SMILES string of the molecule is S=C(Nc1ccc(Cn2cccn2)cc1)Nc1cccc2ccccc12. The van der Waals surface area contributed by atoms with Crippen molar-refractivity contribution in [3.8, 4) is 0 Å². The molecule has 0 saturated heterocycles. The van der Waals surface area contributed by atoms with Crippen LogP contribution in [0.15, 0.2) is 85.2 Å². The Balaban J connectivity index is 1.43. The fourth-order valence-electron chi connectivity index (χ4n) is 2.89. The summed E-state index contributed by atoms with van der Waals surface area (Å²) in [5.41, 5.74) is 3.13. The molecule has 0 saturated carbocycles. The van der Waals surface area contributed by atoms with Gasteiger partial charge in [0.2, 0.25) is 0 Å². The Kier molecular flexibility index (Phi) is 4.62. The van der Waals surface area contributed by atoms with Crippen LogP contribution >= 0.6 is 12.2 Å². The Labute approximate surface area is 157 Å². The summed E-state index contributed by atoms with van der Waals surface area (Å²) < 4.78 is 1.90. The number of hydrogen-bond donors (Lipinski definition) is 2. The largest absolute Gasteiger partial charge is 0.332 e. The second kappa shape index (κ2) is 7.37. The van der Waals surface area contributed by atoms with E-state index in [4.69, 9.17) is 12.2 Å². The predicted octanol–water partition coefficient (Wildman–Crippen LogP) is 4.89. The zero-order valence-electron chi connectivity index (χ0n) is 14.1. The van der Waals surface area contributed by atoms with Gasteiger partial charge in [-0.2, -0.15) is 5.10 Å². The molecule has 0 amide bonds. The predicted molar refractivity (Wildman–Crippen MR) is 112 cm³/mol. The molecule has 4 aromatic rings. The number of hydrogen-bond acceptors (Lipinski definition) is 2. The van der Waals surface area contributed by atoms with Gasteiger partial charge in [0.25, 0.3) is 0 Å². The molecule has 0 aliphatic carbocycles. The standard InChI is InChI=1S/C21H18N4S/c26-21(24-20-8-3-6-17-5-1-2-7-19(17)20)23-18-11-9-16(10-12-18)15-25-14-4-13-22-25/h1-14H,15H2,(H2,23,24,26). The van der Waals surface area contributed by atoms with Gasteiger partial charge in [-0.1, -0.05) is 48.5 Å². The summed E-state index contributed by atoms with van der Waals surface area (Å²) in [7, 11) is 0. The molecule has 0 radical (unpaired) electrons. The molecule has 0 unspecified atom stereocenters. The Bertz CT molecular complexity index is 1020. The second-order valence-electron chi connectivity index (χ2n) is 6.01. The number of aromatic nitrogens is 2. The maximum atomic E-state index is 5.47. The number of fused-ring (bicyclic) bond motifs is 1. The molecular weight excluding hydrogens is 340 g/mol. The summed E-state index contributed by atoms with van der Waals surface area (Å²) in [6.45, 7) is 0.756. The number of nitrogens with zero attached hydrogens (tertiary/aromatic N) is 2. The number of anilines is 2. The van der Waals surface area contributed by atoms with Crippen LogP contribution < -0.4 is 10.6 Å². The number of benzene rings is 3. The van der Waals surface area contributed by atoms with Crippen LogP contribution in [0.25, 0.3) is 10.8 Å². The molecule has 0 aliphatic rings. The van der Waals surface area contributed by atoms with E-state index in [9.17, 15) is 0 Å². The van der Waals surface area contributed by atoms with E-state index in [0.29, 0.717) is 5.11 Å². The van der Waals surface area contributed by atoms with Crippen LogP contribution in [0.1, 0.15) is 5.56 Å². The summed E-state index contributed by atoms with van der Waals surface area (Å²) in [6, 6.07) is 24.5. The topological polar surface area (TPSA) is 41.9 Å². The Morgan fingerprint density at radius 2 is 1.69 bits per heavy atom. The highest BCUT2D eigenvalue weighted by molar-refractivity contribution is 7.80. The number of rotatable bonds is 4. The average molecular weight is 358 g/mol. The minimum absolute atomic E-state index is 0.571. The van der Waals surface area contributed by atoms with Crippen molar-refractivity contribution in [2.24, 2.45) is 0 Å². The minimum Gasteiger partial charge on any atom is -0.332 e. The maximum absolute atomic E-state index is 5.47. The molecule has 0 bridgehead atoms. The van der Waals surface area contributed by atoms with E-state index in [1.54, 1.807) is 6.20 Å². The monoisotopic (exact) mass is 358 g/mol. The highest BCUT2D eigenvalue weighted by Gasteiger charge is 2.03.